The van der Waals surface area contributed by atoms with Crippen molar-refractivity contribution in [1.82, 2.24) is 20.1 Å². The maximum atomic E-state index is 12.6. The number of aromatic nitrogens is 3. The number of benzene rings is 1. The minimum absolute atomic E-state index is 0.0407. The molecular formula is C20H20N4OS. The molecular weight excluding hydrogens is 344 g/mol. The second kappa shape index (κ2) is 7.33. The molecule has 2 heterocycles. The summed E-state index contributed by atoms with van der Waals surface area (Å²) >= 11 is 1.58. The maximum Gasteiger partial charge on any atom is 0.251 e. The van der Waals surface area contributed by atoms with Crippen molar-refractivity contribution >= 4 is 17.7 Å². The molecule has 1 N–H and O–H groups in total. The minimum atomic E-state index is -0.0407. The van der Waals surface area contributed by atoms with Gasteiger partial charge in [-0.1, -0.05) is 17.8 Å². The standard InChI is InChI=1S/C20H20N4OS/c1-24-18-6-4-5-17(16(18)13-22-24)23-20(25)14-8-10-15(11-9-14)26-19-7-2-3-12-21-19/h2-3,7-13,17H,4-6H2,1H3,(H,23,25). The third kappa shape index (κ3) is 3.51. The molecule has 0 saturated carbocycles. The summed E-state index contributed by atoms with van der Waals surface area (Å²) in [5, 5.41) is 8.44. The van der Waals surface area contributed by atoms with Crippen LogP contribution in [0.25, 0.3) is 0 Å². The topological polar surface area (TPSA) is 59.8 Å². The summed E-state index contributed by atoms with van der Waals surface area (Å²) in [5.41, 5.74) is 3.05. The Morgan fingerprint density at radius 3 is 2.85 bits per heavy atom. The third-order valence-electron chi connectivity index (χ3n) is 4.66. The number of carbonyl (C=O) groups is 1. The maximum absolute atomic E-state index is 12.6. The number of aryl methyl sites for hydroxylation is 1. The van der Waals surface area contributed by atoms with Crippen molar-refractivity contribution in [2.45, 2.75) is 35.2 Å². The lowest BCUT2D eigenvalue weighted by atomic mass is 9.93. The summed E-state index contributed by atoms with van der Waals surface area (Å²) in [5.74, 6) is -0.0407. The summed E-state index contributed by atoms with van der Waals surface area (Å²) < 4.78 is 1.91. The summed E-state index contributed by atoms with van der Waals surface area (Å²) in [6.45, 7) is 0. The number of nitrogens with zero attached hydrogens (tertiary/aromatic N) is 3. The van der Waals surface area contributed by atoms with E-state index in [2.05, 4.69) is 15.4 Å². The van der Waals surface area contributed by atoms with E-state index in [9.17, 15) is 4.79 Å². The van der Waals surface area contributed by atoms with Crippen LogP contribution in [0.4, 0.5) is 0 Å². The van der Waals surface area contributed by atoms with Crippen LogP contribution in [0.1, 0.15) is 40.5 Å². The van der Waals surface area contributed by atoms with Crippen molar-refractivity contribution in [3.05, 3.63) is 71.7 Å². The Kier molecular flexibility index (Phi) is 4.75. The first-order valence-electron chi connectivity index (χ1n) is 8.71. The quantitative estimate of drug-likeness (QED) is 0.765. The molecule has 6 heteroatoms. The number of pyridine rings is 1. The zero-order valence-electron chi connectivity index (χ0n) is 14.6. The molecule has 1 amide bonds. The molecule has 5 nitrogen and oxygen atoms in total. The molecule has 0 spiro atoms. The van der Waals surface area contributed by atoms with Gasteiger partial charge >= 0.3 is 0 Å². The Morgan fingerprint density at radius 1 is 1.23 bits per heavy atom. The Balaban J connectivity index is 1.44. The molecule has 26 heavy (non-hydrogen) atoms. The Hall–Kier alpha value is -2.60. The summed E-state index contributed by atoms with van der Waals surface area (Å²) in [6, 6.07) is 13.5. The zero-order valence-corrected chi connectivity index (χ0v) is 15.4. The van der Waals surface area contributed by atoms with Crippen molar-refractivity contribution in [1.29, 1.82) is 0 Å². The Morgan fingerprint density at radius 2 is 2.08 bits per heavy atom. The van der Waals surface area contributed by atoms with Crippen LogP contribution in [0.5, 0.6) is 0 Å². The number of rotatable bonds is 4. The van der Waals surface area contributed by atoms with Gasteiger partial charge in [0.25, 0.3) is 5.91 Å². The second-order valence-corrected chi connectivity index (χ2v) is 7.48. The fraction of sp³-hybridized carbons (Fsp3) is 0.250. The van der Waals surface area contributed by atoms with Gasteiger partial charge in [0.05, 0.1) is 12.2 Å². The van der Waals surface area contributed by atoms with Gasteiger partial charge in [0.15, 0.2) is 0 Å². The number of carbonyl (C=O) groups excluding carboxylic acids is 1. The van der Waals surface area contributed by atoms with Crippen LogP contribution in [-0.2, 0) is 13.5 Å². The molecule has 0 bridgehead atoms. The minimum Gasteiger partial charge on any atom is -0.345 e. The number of amides is 1. The summed E-state index contributed by atoms with van der Waals surface area (Å²) in [7, 11) is 1.96. The number of nitrogens with one attached hydrogen (secondary N) is 1. The van der Waals surface area contributed by atoms with Gasteiger partial charge in [-0.2, -0.15) is 5.10 Å². The van der Waals surface area contributed by atoms with E-state index in [1.54, 1.807) is 18.0 Å². The highest BCUT2D eigenvalue weighted by atomic mass is 32.2. The van der Waals surface area contributed by atoms with E-state index in [4.69, 9.17) is 0 Å². The highest BCUT2D eigenvalue weighted by Gasteiger charge is 2.25. The molecule has 1 atom stereocenters. The van der Waals surface area contributed by atoms with Crippen LogP contribution < -0.4 is 5.32 Å². The highest BCUT2D eigenvalue weighted by Crippen LogP contribution is 2.30. The van der Waals surface area contributed by atoms with Crippen molar-refractivity contribution < 1.29 is 4.79 Å². The van der Waals surface area contributed by atoms with Gasteiger partial charge in [0.2, 0.25) is 0 Å². The Bertz CT molecular complexity index is 905. The highest BCUT2D eigenvalue weighted by molar-refractivity contribution is 7.99. The van der Waals surface area contributed by atoms with Crippen LogP contribution >= 0.6 is 11.8 Å². The predicted octanol–water partition coefficient (Wildman–Crippen LogP) is 3.77. The molecule has 0 aliphatic heterocycles. The van der Waals surface area contributed by atoms with Crippen molar-refractivity contribution in [2.75, 3.05) is 0 Å². The van der Waals surface area contributed by atoms with Crippen molar-refractivity contribution in [3.8, 4) is 0 Å². The lowest BCUT2D eigenvalue weighted by Gasteiger charge is -2.23. The van der Waals surface area contributed by atoms with Crippen LogP contribution in [0.2, 0.25) is 0 Å². The molecule has 2 aromatic heterocycles. The van der Waals surface area contributed by atoms with E-state index >= 15 is 0 Å². The van der Waals surface area contributed by atoms with E-state index in [1.165, 1.54) is 5.69 Å². The van der Waals surface area contributed by atoms with E-state index < -0.39 is 0 Å². The lowest BCUT2D eigenvalue weighted by molar-refractivity contribution is 0.0932. The molecule has 1 unspecified atom stereocenters. The third-order valence-corrected chi connectivity index (χ3v) is 5.62. The van der Waals surface area contributed by atoms with Gasteiger partial charge in [0.1, 0.15) is 5.03 Å². The monoisotopic (exact) mass is 364 g/mol. The number of fused-ring (bicyclic) bond motifs is 1. The van der Waals surface area contributed by atoms with Gasteiger partial charge in [0, 0.05) is 35.0 Å². The van der Waals surface area contributed by atoms with Crippen LogP contribution in [0.3, 0.4) is 0 Å². The average molecular weight is 364 g/mol. The number of hydrogen-bond donors (Lipinski definition) is 1. The van der Waals surface area contributed by atoms with Gasteiger partial charge in [-0.15, -0.1) is 0 Å². The normalized spacial score (nSPS) is 16.1. The van der Waals surface area contributed by atoms with Crippen LogP contribution in [0, 0.1) is 0 Å². The molecule has 132 valence electrons. The first kappa shape index (κ1) is 16.8. The Labute approximate surface area is 156 Å². The van der Waals surface area contributed by atoms with Gasteiger partial charge < -0.3 is 5.32 Å². The summed E-state index contributed by atoms with van der Waals surface area (Å²) in [6.07, 6.45) is 6.71. The van der Waals surface area contributed by atoms with E-state index in [0.29, 0.717) is 5.56 Å². The van der Waals surface area contributed by atoms with Gasteiger partial charge in [-0.05, 0) is 55.7 Å². The summed E-state index contributed by atoms with van der Waals surface area (Å²) in [4.78, 5) is 18.0. The zero-order chi connectivity index (χ0) is 17.9. The van der Waals surface area contributed by atoms with Crippen molar-refractivity contribution in [3.63, 3.8) is 0 Å². The van der Waals surface area contributed by atoms with Crippen LogP contribution in [-0.4, -0.2) is 20.7 Å². The molecule has 0 fully saturated rings. The SMILES string of the molecule is Cn1ncc2c1CCCC2NC(=O)c1ccc(Sc2ccccn2)cc1. The molecule has 0 radical (unpaired) electrons. The van der Waals surface area contributed by atoms with Crippen LogP contribution in [0.15, 0.2) is 64.8 Å². The molecule has 1 aromatic carbocycles. The fourth-order valence-corrected chi connectivity index (χ4v) is 4.07. The first-order chi connectivity index (χ1) is 12.7. The van der Waals surface area contributed by atoms with E-state index in [-0.39, 0.29) is 11.9 Å². The largest absolute Gasteiger partial charge is 0.345 e. The fourth-order valence-electron chi connectivity index (χ4n) is 3.30. The van der Waals surface area contributed by atoms with E-state index in [0.717, 1.165) is 34.7 Å². The first-order valence-corrected chi connectivity index (χ1v) is 9.53. The molecule has 1 aliphatic rings. The van der Waals surface area contributed by atoms with Crippen molar-refractivity contribution in [2.24, 2.45) is 7.05 Å². The predicted molar refractivity (Wildman–Crippen MR) is 101 cm³/mol. The molecule has 0 saturated heterocycles. The number of hydrogen-bond acceptors (Lipinski definition) is 4. The smallest absolute Gasteiger partial charge is 0.251 e. The molecule has 3 aromatic rings. The average Bonchev–Trinajstić information content (AvgIpc) is 3.05. The van der Waals surface area contributed by atoms with E-state index in [1.807, 2.05) is 60.4 Å². The molecule has 1 aliphatic carbocycles. The van der Waals surface area contributed by atoms with Gasteiger partial charge in [-0.25, -0.2) is 4.98 Å². The second-order valence-electron chi connectivity index (χ2n) is 6.38. The molecule has 4 rings (SSSR count). The lowest BCUT2D eigenvalue weighted by Crippen LogP contribution is -2.30. The van der Waals surface area contributed by atoms with Gasteiger partial charge in [-0.3, -0.25) is 9.48 Å².